The quantitative estimate of drug-likeness (QED) is 0.507. The summed E-state index contributed by atoms with van der Waals surface area (Å²) in [6, 6.07) is 0. The molecule has 0 amide bonds. The predicted octanol–water partition coefficient (Wildman–Crippen LogP) is 2.85. The lowest BCUT2D eigenvalue weighted by atomic mass is 10.0. The fourth-order valence-electron chi connectivity index (χ4n) is 1.46. The van der Waals surface area contributed by atoms with E-state index < -0.39 is 0 Å². The second-order valence-electron chi connectivity index (χ2n) is 3.18. The normalized spacial score (nSPS) is 35.8. The number of rotatable bonds is 3. The van der Waals surface area contributed by atoms with Crippen molar-refractivity contribution in [2.75, 3.05) is 0 Å². The molecular weight excluding hydrogens is 108 g/mol. The van der Waals surface area contributed by atoms with Crippen molar-refractivity contribution in [1.82, 2.24) is 0 Å². The van der Waals surface area contributed by atoms with Gasteiger partial charge in [0.15, 0.2) is 0 Å². The van der Waals surface area contributed by atoms with E-state index in [-0.39, 0.29) is 0 Å². The Morgan fingerprint density at radius 2 is 2.44 bits per heavy atom. The molecule has 0 heterocycles. The zero-order valence-electron chi connectivity index (χ0n) is 6.43. The van der Waals surface area contributed by atoms with E-state index in [4.69, 9.17) is 0 Å². The lowest BCUT2D eigenvalue weighted by Crippen LogP contribution is -1.95. The SMILES string of the molecule is C=CC1CC1C(C)CC. The number of hydrogen-bond acceptors (Lipinski definition) is 0. The van der Waals surface area contributed by atoms with Crippen LogP contribution in [0, 0.1) is 17.8 Å². The fourth-order valence-corrected chi connectivity index (χ4v) is 1.46. The van der Waals surface area contributed by atoms with Crippen molar-refractivity contribution in [1.29, 1.82) is 0 Å². The smallest absolute Gasteiger partial charge is 0.0202 e. The van der Waals surface area contributed by atoms with Gasteiger partial charge in [-0.15, -0.1) is 6.58 Å². The van der Waals surface area contributed by atoms with Crippen LogP contribution in [-0.2, 0) is 0 Å². The van der Waals surface area contributed by atoms with E-state index in [0.29, 0.717) is 0 Å². The van der Waals surface area contributed by atoms with Crippen molar-refractivity contribution in [2.45, 2.75) is 26.7 Å². The second-order valence-corrected chi connectivity index (χ2v) is 3.18. The Balaban J connectivity index is 2.24. The molecule has 1 saturated carbocycles. The molecule has 3 atom stereocenters. The summed E-state index contributed by atoms with van der Waals surface area (Å²) in [6.07, 6.45) is 4.84. The molecule has 0 spiro atoms. The summed E-state index contributed by atoms with van der Waals surface area (Å²) in [5.74, 6) is 2.76. The maximum atomic E-state index is 3.79. The van der Waals surface area contributed by atoms with E-state index in [0.717, 1.165) is 17.8 Å². The van der Waals surface area contributed by atoms with Crippen LogP contribution in [0.4, 0.5) is 0 Å². The Hall–Kier alpha value is -0.260. The summed E-state index contributed by atoms with van der Waals surface area (Å²) in [7, 11) is 0. The highest BCUT2D eigenvalue weighted by Gasteiger charge is 2.37. The average molecular weight is 124 g/mol. The summed E-state index contributed by atoms with van der Waals surface area (Å²) >= 11 is 0. The molecule has 0 heteroatoms. The van der Waals surface area contributed by atoms with Crippen LogP contribution >= 0.6 is 0 Å². The second kappa shape index (κ2) is 2.55. The molecule has 0 aliphatic heterocycles. The van der Waals surface area contributed by atoms with E-state index in [1.807, 2.05) is 0 Å². The zero-order chi connectivity index (χ0) is 6.85. The van der Waals surface area contributed by atoms with Crippen LogP contribution in [0.5, 0.6) is 0 Å². The molecule has 9 heavy (non-hydrogen) atoms. The Kier molecular flexibility index (Phi) is 1.94. The summed E-state index contributed by atoms with van der Waals surface area (Å²) < 4.78 is 0. The van der Waals surface area contributed by atoms with Crippen molar-refractivity contribution in [3.05, 3.63) is 12.7 Å². The van der Waals surface area contributed by atoms with Gasteiger partial charge in [-0.25, -0.2) is 0 Å². The molecule has 0 radical (unpaired) electrons. The molecule has 0 saturated heterocycles. The molecule has 0 aromatic carbocycles. The van der Waals surface area contributed by atoms with Crippen LogP contribution in [-0.4, -0.2) is 0 Å². The monoisotopic (exact) mass is 124 g/mol. The molecule has 1 aliphatic carbocycles. The van der Waals surface area contributed by atoms with Crippen LogP contribution in [0.25, 0.3) is 0 Å². The first-order valence-electron chi connectivity index (χ1n) is 3.92. The summed E-state index contributed by atoms with van der Waals surface area (Å²) in [5, 5.41) is 0. The van der Waals surface area contributed by atoms with Crippen LogP contribution in [0.1, 0.15) is 26.7 Å². The molecule has 1 aliphatic rings. The van der Waals surface area contributed by atoms with Gasteiger partial charge in [-0.3, -0.25) is 0 Å². The third-order valence-electron chi connectivity index (χ3n) is 2.57. The Morgan fingerprint density at radius 3 is 2.78 bits per heavy atom. The maximum absolute atomic E-state index is 3.79. The van der Waals surface area contributed by atoms with Gasteiger partial charge in [-0.2, -0.15) is 0 Å². The molecule has 0 N–H and O–H groups in total. The van der Waals surface area contributed by atoms with Crippen LogP contribution in [0.15, 0.2) is 12.7 Å². The van der Waals surface area contributed by atoms with Gasteiger partial charge >= 0.3 is 0 Å². The largest absolute Gasteiger partial charge is 0.103 e. The highest BCUT2D eigenvalue weighted by molar-refractivity contribution is 4.99. The third-order valence-corrected chi connectivity index (χ3v) is 2.57. The van der Waals surface area contributed by atoms with Gasteiger partial charge in [-0.1, -0.05) is 26.3 Å². The standard InChI is InChI=1S/C9H16/c1-4-7(3)9-6-8(9)5-2/h5,7-9H,2,4,6H2,1,3H3. The summed E-state index contributed by atoms with van der Waals surface area (Å²) in [5.41, 5.74) is 0. The molecule has 3 unspecified atom stereocenters. The summed E-state index contributed by atoms with van der Waals surface area (Å²) in [4.78, 5) is 0. The van der Waals surface area contributed by atoms with Gasteiger partial charge in [0.1, 0.15) is 0 Å². The molecule has 0 aromatic heterocycles. The third kappa shape index (κ3) is 1.35. The highest BCUT2D eigenvalue weighted by atomic mass is 14.4. The van der Waals surface area contributed by atoms with Crippen molar-refractivity contribution in [3.63, 3.8) is 0 Å². The first kappa shape index (κ1) is 6.85. The van der Waals surface area contributed by atoms with Gasteiger partial charge in [0, 0.05) is 0 Å². The number of hydrogen-bond donors (Lipinski definition) is 0. The van der Waals surface area contributed by atoms with E-state index in [1.54, 1.807) is 0 Å². The zero-order valence-corrected chi connectivity index (χ0v) is 6.43. The summed E-state index contributed by atoms with van der Waals surface area (Å²) in [6.45, 7) is 8.40. The lowest BCUT2D eigenvalue weighted by molar-refractivity contribution is 0.477. The van der Waals surface area contributed by atoms with Crippen molar-refractivity contribution in [3.8, 4) is 0 Å². The Labute approximate surface area is 58.0 Å². The molecule has 0 nitrogen and oxygen atoms in total. The number of allylic oxidation sites excluding steroid dienone is 1. The van der Waals surface area contributed by atoms with Crippen LogP contribution < -0.4 is 0 Å². The minimum atomic E-state index is 0.861. The van der Waals surface area contributed by atoms with Crippen LogP contribution in [0.3, 0.4) is 0 Å². The molecule has 0 aromatic rings. The first-order chi connectivity index (χ1) is 4.29. The average Bonchev–Trinajstić information content (AvgIpc) is 2.64. The van der Waals surface area contributed by atoms with Gasteiger partial charge in [0.05, 0.1) is 0 Å². The predicted molar refractivity (Wildman–Crippen MR) is 41.2 cm³/mol. The first-order valence-corrected chi connectivity index (χ1v) is 3.92. The maximum Gasteiger partial charge on any atom is -0.0202 e. The van der Waals surface area contributed by atoms with Gasteiger partial charge in [0.25, 0.3) is 0 Å². The van der Waals surface area contributed by atoms with Gasteiger partial charge in [-0.05, 0) is 24.2 Å². The molecule has 0 bridgehead atoms. The van der Waals surface area contributed by atoms with Gasteiger partial charge in [0.2, 0.25) is 0 Å². The fraction of sp³-hybridized carbons (Fsp3) is 0.778. The Bertz CT molecular complexity index is 105. The molecule has 1 fully saturated rings. The molecule has 1 rings (SSSR count). The van der Waals surface area contributed by atoms with Gasteiger partial charge < -0.3 is 0 Å². The van der Waals surface area contributed by atoms with Crippen molar-refractivity contribution < 1.29 is 0 Å². The molecular formula is C9H16. The van der Waals surface area contributed by atoms with E-state index >= 15 is 0 Å². The minimum Gasteiger partial charge on any atom is -0.103 e. The van der Waals surface area contributed by atoms with E-state index in [2.05, 4.69) is 26.5 Å². The van der Waals surface area contributed by atoms with Crippen molar-refractivity contribution >= 4 is 0 Å². The van der Waals surface area contributed by atoms with Crippen LogP contribution in [0.2, 0.25) is 0 Å². The topological polar surface area (TPSA) is 0 Å². The highest BCUT2D eigenvalue weighted by Crippen LogP contribution is 2.45. The van der Waals surface area contributed by atoms with E-state index in [9.17, 15) is 0 Å². The molecule has 52 valence electrons. The Morgan fingerprint density at radius 1 is 1.78 bits per heavy atom. The lowest BCUT2D eigenvalue weighted by Gasteiger charge is -2.04. The van der Waals surface area contributed by atoms with Crippen molar-refractivity contribution in [2.24, 2.45) is 17.8 Å². The minimum absolute atomic E-state index is 0.861. The van der Waals surface area contributed by atoms with E-state index in [1.165, 1.54) is 12.8 Å².